The second kappa shape index (κ2) is 5.88. The van der Waals surface area contributed by atoms with E-state index in [0.717, 1.165) is 18.4 Å². The number of hydrogen-bond donors (Lipinski definition) is 1. The van der Waals surface area contributed by atoms with Crippen molar-refractivity contribution in [1.29, 1.82) is 0 Å². The molecule has 0 aliphatic heterocycles. The first-order valence-electron chi connectivity index (χ1n) is 7.70. The summed E-state index contributed by atoms with van der Waals surface area (Å²) in [5.74, 6) is 0.731. The smallest absolute Gasteiger partial charge is 0.255 e. The highest BCUT2D eigenvalue weighted by Gasteiger charge is 2.29. The van der Waals surface area contributed by atoms with Crippen LogP contribution in [-0.2, 0) is 0 Å². The molecular formula is C18H14FN3O2. The third kappa shape index (κ3) is 3.03. The normalized spacial score (nSPS) is 13.7. The molecule has 3 aromatic rings. The fourth-order valence-electron chi connectivity index (χ4n) is 2.42. The van der Waals surface area contributed by atoms with Gasteiger partial charge in [0.25, 0.3) is 5.91 Å². The van der Waals surface area contributed by atoms with Crippen molar-refractivity contribution in [2.45, 2.75) is 18.8 Å². The van der Waals surface area contributed by atoms with Crippen LogP contribution in [0.25, 0.3) is 11.4 Å². The minimum atomic E-state index is -0.448. The van der Waals surface area contributed by atoms with Crippen LogP contribution >= 0.6 is 0 Å². The average Bonchev–Trinajstić information content (AvgIpc) is 3.32. The molecule has 1 heterocycles. The molecule has 0 saturated heterocycles. The number of benzene rings is 2. The molecule has 1 aliphatic carbocycles. The zero-order chi connectivity index (χ0) is 16.5. The van der Waals surface area contributed by atoms with Gasteiger partial charge in [-0.1, -0.05) is 23.4 Å². The van der Waals surface area contributed by atoms with Crippen LogP contribution in [0.4, 0.5) is 10.1 Å². The average molecular weight is 323 g/mol. The Balaban J connectivity index is 1.54. The molecule has 0 bridgehead atoms. The summed E-state index contributed by atoms with van der Waals surface area (Å²) >= 11 is 0. The van der Waals surface area contributed by atoms with Gasteiger partial charge in [-0.25, -0.2) is 4.39 Å². The monoisotopic (exact) mass is 323 g/mol. The predicted octanol–water partition coefficient (Wildman–Crippen LogP) is 4.01. The van der Waals surface area contributed by atoms with Crippen molar-refractivity contribution >= 4 is 11.6 Å². The minimum absolute atomic E-state index is 0.260. The quantitative estimate of drug-likeness (QED) is 0.788. The Labute approximate surface area is 137 Å². The number of hydrogen-bond acceptors (Lipinski definition) is 4. The molecule has 0 radical (unpaired) electrons. The maximum atomic E-state index is 13.2. The van der Waals surface area contributed by atoms with Gasteiger partial charge in [-0.3, -0.25) is 4.79 Å². The van der Waals surface area contributed by atoms with Gasteiger partial charge in [0.15, 0.2) is 0 Å². The van der Waals surface area contributed by atoms with E-state index in [1.165, 1.54) is 18.2 Å². The van der Waals surface area contributed by atoms with Crippen molar-refractivity contribution in [1.82, 2.24) is 10.1 Å². The van der Waals surface area contributed by atoms with Gasteiger partial charge in [0.2, 0.25) is 11.7 Å². The Kier molecular flexibility index (Phi) is 3.57. The molecule has 1 fully saturated rings. The van der Waals surface area contributed by atoms with E-state index in [0.29, 0.717) is 23.3 Å². The van der Waals surface area contributed by atoms with Crippen LogP contribution in [-0.4, -0.2) is 16.0 Å². The number of halogens is 1. The SMILES string of the molecule is O=C(Nc1cccc(-c2noc(C3CC3)n2)c1)c1cccc(F)c1. The lowest BCUT2D eigenvalue weighted by Crippen LogP contribution is -2.12. The zero-order valence-corrected chi connectivity index (χ0v) is 12.7. The van der Waals surface area contributed by atoms with Gasteiger partial charge in [0.05, 0.1) is 0 Å². The first-order chi connectivity index (χ1) is 11.7. The Morgan fingerprint density at radius 3 is 2.79 bits per heavy atom. The molecule has 120 valence electrons. The van der Waals surface area contributed by atoms with Crippen LogP contribution in [0.2, 0.25) is 0 Å². The summed E-state index contributed by atoms with van der Waals surface area (Å²) in [5.41, 5.74) is 1.60. The molecule has 1 saturated carbocycles. The second-order valence-electron chi connectivity index (χ2n) is 5.78. The van der Waals surface area contributed by atoms with E-state index in [-0.39, 0.29) is 11.5 Å². The van der Waals surface area contributed by atoms with Gasteiger partial charge in [-0.05, 0) is 43.2 Å². The number of nitrogens with zero attached hydrogens (tertiary/aromatic N) is 2. The van der Waals surface area contributed by atoms with E-state index in [1.807, 2.05) is 6.07 Å². The van der Waals surface area contributed by atoms with Crippen molar-refractivity contribution in [3.05, 3.63) is 65.8 Å². The van der Waals surface area contributed by atoms with Gasteiger partial charge in [0.1, 0.15) is 5.82 Å². The predicted molar refractivity (Wildman–Crippen MR) is 86.1 cm³/mol. The van der Waals surface area contributed by atoms with E-state index in [9.17, 15) is 9.18 Å². The molecule has 1 N–H and O–H groups in total. The molecule has 0 spiro atoms. The topological polar surface area (TPSA) is 68.0 Å². The number of rotatable bonds is 4. The molecule has 2 aromatic carbocycles. The molecule has 1 amide bonds. The van der Waals surface area contributed by atoms with Gasteiger partial charge in [-0.15, -0.1) is 0 Å². The molecule has 5 nitrogen and oxygen atoms in total. The molecule has 0 unspecified atom stereocenters. The first-order valence-corrected chi connectivity index (χ1v) is 7.70. The number of anilines is 1. The number of carbonyl (C=O) groups is 1. The highest BCUT2D eigenvalue weighted by atomic mass is 19.1. The van der Waals surface area contributed by atoms with Gasteiger partial charge in [0, 0.05) is 22.7 Å². The second-order valence-corrected chi connectivity index (χ2v) is 5.78. The lowest BCUT2D eigenvalue weighted by atomic mass is 10.1. The lowest BCUT2D eigenvalue weighted by Gasteiger charge is -2.06. The summed E-state index contributed by atoms with van der Waals surface area (Å²) < 4.78 is 18.5. The van der Waals surface area contributed by atoms with Crippen LogP contribution in [0, 0.1) is 5.82 Å². The summed E-state index contributed by atoms with van der Waals surface area (Å²) in [6, 6.07) is 12.7. The van der Waals surface area contributed by atoms with Crippen LogP contribution in [0.5, 0.6) is 0 Å². The maximum Gasteiger partial charge on any atom is 0.255 e. The fourth-order valence-corrected chi connectivity index (χ4v) is 2.42. The number of nitrogens with one attached hydrogen (secondary N) is 1. The molecule has 4 rings (SSSR count). The highest BCUT2D eigenvalue weighted by molar-refractivity contribution is 6.04. The molecule has 1 aliphatic rings. The fraction of sp³-hybridized carbons (Fsp3) is 0.167. The number of aromatic nitrogens is 2. The summed E-state index contributed by atoms with van der Waals surface area (Å²) in [6.07, 6.45) is 2.18. The van der Waals surface area contributed by atoms with E-state index < -0.39 is 5.82 Å². The van der Waals surface area contributed by atoms with E-state index in [2.05, 4.69) is 15.5 Å². The molecular weight excluding hydrogens is 309 g/mol. The first kappa shape index (κ1) is 14.6. The summed E-state index contributed by atoms with van der Waals surface area (Å²) in [5, 5.41) is 6.74. The number of carbonyl (C=O) groups excluding carboxylic acids is 1. The third-order valence-electron chi connectivity index (χ3n) is 3.83. The van der Waals surface area contributed by atoms with Crippen molar-refractivity contribution in [2.75, 3.05) is 5.32 Å². The summed E-state index contributed by atoms with van der Waals surface area (Å²) in [6.45, 7) is 0. The Morgan fingerprint density at radius 1 is 1.17 bits per heavy atom. The largest absolute Gasteiger partial charge is 0.339 e. The Bertz CT molecular complexity index is 903. The van der Waals surface area contributed by atoms with Crippen LogP contribution < -0.4 is 5.32 Å². The van der Waals surface area contributed by atoms with Crippen molar-refractivity contribution in [2.24, 2.45) is 0 Å². The molecule has 24 heavy (non-hydrogen) atoms. The minimum Gasteiger partial charge on any atom is -0.339 e. The molecule has 1 aromatic heterocycles. The van der Waals surface area contributed by atoms with Crippen molar-refractivity contribution in [3.63, 3.8) is 0 Å². The summed E-state index contributed by atoms with van der Waals surface area (Å²) in [4.78, 5) is 16.6. The third-order valence-corrected chi connectivity index (χ3v) is 3.83. The van der Waals surface area contributed by atoms with E-state index >= 15 is 0 Å². The highest BCUT2D eigenvalue weighted by Crippen LogP contribution is 2.39. The van der Waals surface area contributed by atoms with Crippen LogP contribution in [0.1, 0.15) is 35.0 Å². The van der Waals surface area contributed by atoms with E-state index in [1.54, 1.807) is 24.3 Å². The van der Waals surface area contributed by atoms with Crippen molar-refractivity contribution < 1.29 is 13.7 Å². The van der Waals surface area contributed by atoms with Gasteiger partial charge in [-0.2, -0.15) is 4.98 Å². The standard InChI is InChI=1S/C18H14FN3O2/c19-14-5-1-4-13(9-14)17(23)20-15-6-2-3-12(10-15)16-21-18(24-22-16)11-7-8-11/h1-6,9-11H,7-8H2,(H,20,23). The Morgan fingerprint density at radius 2 is 2.00 bits per heavy atom. The maximum absolute atomic E-state index is 13.2. The van der Waals surface area contributed by atoms with E-state index in [4.69, 9.17) is 4.52 Å². The van der Waals surface area contributed by atoms with Gasteiger partial charge < -0.3 is 9.84 Å². The molecule has 6 heteroatoms. The Hall–Kier alpha value is -3.02. The van der Waals surface area contributed by atoms with Gasteiger partial charge >= 0.3 is 0 Å². The van der Waals surface area contributed by atoms with Crippen molar-refractivity contribution in [3.8, 4) is 11.4 Å². The lowest BCUT2D eigenvalue weighted by molar-refractivity contribution is 0.102. The summed E-state index contributed by atoms with van der Waals surface area (Å²) in [7, 11) is 0. The van der Waals surface area contributed by atoms with Crippen LogP contribution in [0.15, 0.2) is 53.1 Å². The van der Waals surface area contributed by atoms with Crippen LogP contribution in [0.3, 0.4) is 0 Å². The number of amides is 1. The molecule has 0 atom stereocenters. The zero-order valence-electron chi connectivity index (χ0n) is 12.7.